The van der Waals surface area contributed by atoms with Gasteiger partial charge in [-0.25, -0.2) is 4.39 Å². The molecule has 2 N–H and O–H groups in total. The van der Waals surface area contributed by atoms with Crippen LogP contribution in [0.4, 0.5) is 10.1 Å². The zero-order valence-electron chi connectivity index (χ0n) is 8.78. The average Bonchev–Trinajstić information content (AvgIpc) is 2.29. The highest BCUT2D eigenvalue weighted by Crippen LogP contribution is 2.21. The Labute approximate surface area is 106 Å². The second kappa shape index (κ2) is 4.67. The van der Waals surface area contributed by atoms with E-state index in [0.29, 0.717) is 16.8 Å². The first kappa shape index (κ1) is 11.8. The molecule has 17 heavy (non-hydrogen) atoms. The molecule has 0 amide bonds. The van der Waals surface area contributed by atoms with Crippen LogP contribution in [0.25, 0.3) is 0 Å². The van der Waals surface area contributed by atoms with Gasteiger partial charge in [0.25, 0.3) is 0 Å². The summed E-state index contributed by atoms with van der Waals surface area (Å²) in [4.78, 5) is 12.1. The maximum Gasteiger partial charge on any atom is 0.195 e. The van der Waals surface area contributed by atoms with Crippen LogP contribution in [-0.4, -0.2) is 5.78 Å². The molecule has 2 aromatic carbocycles. The molecule has 86 valence electrons. The Kier molecular flexibility index (Phi) is 3.24. The monoisotopic (exact) mass is 293 g/mol. The van der Waals surface area contributed by atoms with Crippen LogP contribution >= 0.6 is 15.9 Å². The lowest BCUT2D eigenvalue weighted by molar-refractivity contribution is 0.103. The van der Waals surface area contributed by atoms with Crippen molar-refractivity contribution in [3.63, 3.8) is 0 Å². The number of nitrogen functional groups attached to an aromatic ring is 1. The predicted molar refractivity (Wildman–Crippen MR) is 68.4 cm³/mol. The van der Waals surface area contributed by atoms with Crippen molar-refractivity contribution in [2.75, 3.05) is 5.73 Å². The van der Waals surface area contributed by atoms with Crippen LogP contribution in [0, 0.1) is 5.82 Å². The Morgan fingerprint density at radius 2 is 1.76 bits per heavy atom. The van der Waals surface area contributed by atoms with E-state index in [1.807, 2.05) is 0 Å². The Bertz CT molecular complexity index is 566. The van der Waals surface area contributed by atoms with Gasteiger partial charge in [0.15, 0.2) is 5.78 Å². The number of benzene rings is 2. The number of hydrogen-bond acceptors (Lipinski definition) is 2. The van der Waals surface area contributed by atoms with Crippen molar-refractivity contribution in [1.82, 2.24) is 0 Å². The molecule has 0 saturated carbocycles. The lowest BCUT2D eigenvalue weighted by atomic mass is 10.0. The van der Waals surface area contributed by atoms with Crippen molar-refractivity contribution in [2.45, 2.75) is 0 Å². The van der Waals surface area contributed by atoms with E-state index >= 15 is 0 Å². The number of carbonyl (C=O) groups is 1. The van der Waals surface area contributed by atoms with E-state index in [1.165, 1.54) is 24.3 Å². The standard InChI is InChI=1S/C13H9BrFNO/c14-9-3-6-11(12(16)7-9)13(17)8-1-4-10(15)5-2-8/h1-7H,16H2. The molecule has 2 nitrogen and oxygen atoms in total. The van der Waals surface area contributed by atoms with Gasteiger partial charge in [0.05, 0.1) is 0 Å². The highest BCUT2D eigenvalue weighted by Gasteiger charge is 2.12. The summed E-state index contributed by atoms with van der Waals surface area (Å²) in [7, 11) is 0. The largest absolute Gasteiger partial charge is 0.398 e. The fourth-order valence-corrected chi connectivity index (χ4v) is 1.88. The van der Waals surface area contributed by atoms with E-state index in [9.17, 15) is 9.18 Å². The van der Waals surface area contributed by atoms with Gasteiger partial charge < -0.3 is 5.73 Å². The highest BCUT2D eigenvalue weighted by molar-refractivity contribution is 9.10. The van der Waals surface area contributed by atoms with Crippen molar-refractivity contribution in [1.29, 1.82) is 0 Å². The third-order valence-corrected chi connectivity index (χ3v) is 2.86. The van der Waals surface area contributed by atoms with Crippen molar-refractivity contribution in [3.8, 4) is 0 Å². The van der Waals surface area contributed by atoms with Crippen LogP contribution in [0.15, 0.2) is 46.9 Å². The number of anilines is 1. The van der Waals surface area contributed by atoms with E-state index in [2.05, 4.69) is 15.9 Å². The maximum atomic E-state index is 12.7. The average molecular weight is 294 g/mol. The van der Waals surface area contributed by atoms with Crippen molar-refractivity contribution >= 4 is 27.4 Å². The topological polar surface area (TPSA) is 43.1 Å². The Morgan fingerprint density at radius 1 is 1.12 bits per heavy atom. The number of halogens is 2. The molecule has 0 fully saturated rings. The Morgan fingerprint density at radius 3 is 2.35 bits per heavy atom. The molecule has 0 aliphatic rings. The molecule has 0 aliphatic carbocycles. The third-order valence-electron chi connectivity index (χ3n) is 2.36. The van der Waals surface area contributed by atoms with E-state index in [1.54, 1.807) is 18.2 Å². The highest BCUT2D eigenvalue weighted by atomic mass is 79.9. The minimum Gasteiger partial charge on any atom is -0.398 e. The molecule has 0 bridgehead atoms. The normalized spacial score (nSPS) is 10.2. The first-order valence-corrected chi connectivity index (χ1v) is 5.72. The van der Waals surface area contributed by atoms with Gasteiger partial charge in [0, 0.05) is 21.3 Å². The second-order valence-electron chi connectivity index (χ2n) is 3.57. The minimum absolute atomic E-state index is 0.213. The summed E-state index contributed by atoms with van der Waals surface area (Å²) in [5.41, 5.74) is 7.00. The molecule has 0 unspecified atom stereocenters. The number of carbonyl (C=O) groups excluding carboxylic acids is 1. The van der Waals surface area contributed by atoms with Gasteiger partial charge in [0.2, 0.25) is 0 Å². The zero-order valence-corrected chi connectivity index (χ0v) is 10.4. The second-order valence-corrected chi connectivity index (χ2v) is 4.48. The summed E-state index contributed by atoms with van der Waals surface area (Å²) in [5, 5.41) is 0. The lowest BCUT2D eigenvalue weighted by Crippen LogP contribution is -2.05. The van der Waals surface area contributed by atoms with Crippen molar-refractivity contribution in [2.24, 2.45) is 0 Å². The van der Waals surface area contributed by atoms with E-state index in [0.717, 1.165) is 4.47 Å². The number of nitrogens with two attached hydrogens (primary N) is 1. The van der Waals surface area contributed by atoms with Crippen LogP contribution in [0.2, 0.25) is 0 Å². The van der Waals surface area contributed by atoms with Gasteiger partial charge in [-0.05, 0) is 42.5 Å². The van der Waals surface area contributed by atoms with Gasteiger partial charge in [-0.15, -0.1) is 0 Å². The Hall–Kier alpha value is -1.68. The van der Waals surface area contributed by atoms with E-state index in [-0.39, 0.29) is 11.6 Å². The van der Waals surface area contributed by atoms with Crippen LogP contribution in [0.1, 0.15) is 15.9 Å². The van der Waals surface area contributed by atoms with Gasteiger partial charge >= 0.3 is 0 Å². The summed E-state index contributed by atoms with van der Waals surface area (Å²) < 4.78 is 13.6. The molecule has 0 saturated heterocycles. The molecule has 0 aliphatic heterocycles. The van der Waals surface area contributed by atoms with Gasteiger partial charge in [-0.2, -0.15) is 0 Å². The first-order chi connectivity index (χ1) is 8.08. The third kappa shape index (κ3) is 2.53. The smallest absolute Gasteiger partial charge is 0.195 e. The number of hydrogen-bond donors (Lipinski definition) is 1. The molecular weight excluding hydrogens is 285 g/mol. The predicted octanol–water partition coefficient (Wildman–Crippen LogP) is 3.40. The zero-order chi connectivity index (χ0) is 12.4. The fourth-order valence-electron chi connectivity index (χ4n) is 1.50. The summed E-state index contributed by atoms with van der Waals surface area (Å²) in [5.74, 6) is -0.583. The lowest BCUT2D eigenvalue weighted by Gasteiger charge is -2.05. The molecule has 0 atom stereocenters. The quantitative estimate of drug-likeness (QED) is 0.681. The summed E-state index contributed by atoms with van der Waals surface area (Å²) >= 11 is 3.27. The Balaban J connectivity index is 2.40. The fraction of sp³-hybridized carbons (Fsp3) is 0. The van der Waals surface area contributed by atoms with Crippen molar-refractivity contribution in [3.05, 3.63) is 63.9 Å². The van der Waals surface area contributed by atoms with Crippen molar-refractivity contribution < 1.29 is 9.18 Å². The van der Waals surface area contributed by atoms with E-state index in [4.69, 9.17) is 5.73 Å². The van der Waals surface area contributed by atoms with Gasteiger partial charge in [-0.3, -0.25) is 4.79 Å². The molecule has 2 aromatic rings. The molecule has 0 heterocycles. The molecular formula is C13H9BrFNO. The minimum atomic E-state index is -0.370. The maximum absolute atomic E-state index is 12.7. The summed E-state index contributed by atoms with van der Waals surface area (Å²) in [6, 6.07) is 10.4. The van der Waals surface area contributed by atoms with E-state index < -0.39 is 0 Å². The van der Waals surface area contributed by atoms with Gasteiger partial charge in [-0.1, -0.05) is 15.9 Å². The molecule has 4 heteroatoms. The summed E-state index contributed by atoms with van der Waals surface area (Å²) in [6.07, 6.45) is 0. The first-order valence-electron chi connectivity index (χ1n) is 4.93. The van der Waals surface area contributed by atoms with Gasteiger partial charge in [0.1, 0.15) is 5.82 Å². The molecule has 0 aromatic heterocycles. The SMILES string of the molecule is Nc1cc(Br)ccc1C(=O)c1ccc(F)cc1. The molecule has 0 radical (unpaired) electrons. The van der Waals surface area contributed by atoms with Crippen LogP contribution < -0.4 is 5.73 Å². The van der Waals surface area contributed by atoms with Crippen LogP contribution in [0.5, 0.6) is 0 Å². The molecule has 2 rings (SSSR count). The van der Waals surface area contributed by atoms with Crippen LogP contribution in [0.3, 0.4) is 0 Å². The number of ketones is 1. The molecule has 0 spiro atoms. The number of rotatable bonds is 2. The van der Waals surface area contributed by atoms with Crippen LogP contribution in [-0.2, 0) is 0 Å². The summed E-state index contributed by atoms with van der Waals surface area (Å²) in [6.45, 7) is 0.